The van der Waals surface area contributed by atoms with Crippen LogP contribution in [0.15, 0.2) is 72.6 Å². The number of aromatic nitrogens is 2. The quantitative estimate of drug-likeness (QED) is 0.274. The monoisotopic (exact) mass is 461 g/mol. The summed E-state index contributed by atoms with van der Waals surface area (Å²) in [6, 6.07) is 13.2. The van der Waals surface area contributed by atoms with E-state index in [0.717, 1.165) is 10.8 Å². The number of rotatable bonds is 4. The van der Waals surface area contributed by atoms with Crippen LogP contribution in [-0.4, -0.2) is 33.9 Å². The number of benzene rings is 2. The lowest BCUT2D eigenvalue weighted by atomic mass is 9.95. The number of ketones is 1. The van der Waals surface area contributed by atoms with Gasteiger partial charge in [-0.1, -0.05) is 23.5 Å². The van der Waals surface area contributed by atoms with Crippen LogP contribution in [0.2, 0.25) is 0 Å². The third-order valence-corrected chi connectivity index (χ3v) is 6.41. The Hall–Kier alpha value is -4.11. The van der Waals surface area contributed by atoms with Gasteiger partial charge in [-0.15, -0.1) is 0 Å². The molecule has 2 aromatic carbocycles. The smallest absolute Gasteiger partial charge is 0.301 e. The topological polar surface area (TPSA) is 92.6 Å². The van der Waals surface area contributed by atoms with Gasteiger partial charge in [0.1, 0.15) is 17.3 Å². The van der Waals surface area contributed by atoms with Gasteiger partial charge in [-0.3, -0.25) is 19.5 Å². The second-order valence-corrected chi connectivity index (χ2v) is 8.27. The van der Waals surface area contributed by atoms with Crippen molar-refractivity contribution < 1.29 is 23.8 Å². The predicted octanol–water partition coefficient (Wildman–Crippen LogP) is 4.47. The van der Waals surface area contributed by atoms with Crippen LogP contribution in [0, 0.1) is 5.82 Å². The molecule has 1 aliphatic heterocycles. The van der Waals surface area contributed by atoms with Gasteiger partial charge in [-0.2, -0.15) is 0 Å². The molecule has 1 amide bonds. The van der Waals surface area contributed by atoms with Gasteiger partial charge in [0.05, 0.1) is 34.5 Å². The van der Waals surface area contributed by atoms with Crippen molar-refractivity contribution in [2.24, 2.45) is 0 Å². The van der Waals surface area contributed by atoms with Crippen LogP contribution in [0.3, 0.4) is 0 Å². The summed E-state index contributed by atoms with van der Waals surface area (Å²) in [5.74, 6) is -2.74. The minimum Gasteiger partial charge on any atom is -0.507 e. The molecule has 1 unspecified atom stereocenters. The van der Waals surface area contributed by atoms with E-state index in [1.54, 1.807) is 12.1 Å². The van der Waals surface area contributed by atoms with Gasteiger partial charge < -0.3 is 9.84 Å². The van der Waals surface area contributed by atoms with Crippen molar-refractivity contribution in [1.29, 1.82) is 0 Å². The van der Waals surface area contributed by atoms with Gasteiger partial charge >= 0.3 is 5.91 Å². The summed E-state index contributed by atoms with van der Waals surface area (Å²) in [4.78, 5) is 36.2. The number of hydrogen-bond acceptors (Lipinski definition) is 7. The van der Waals surface area contributed by atoms with E-state index in [9.17, 15) is 19.1 Å². The molecule has 1 N–H and O–H groups in total. The van der Waals surface area contributed by atoms with Crippen molar-refractivity contribution in [3.05, 3.63) is 89.5 Å². The summed E-state index contributed by atoms with van der Waals surface area (Å²) in [7, 11) is 1.37. The highest BCUT2D eigenvalue weighted by molar-refractivity contribution is 7.22. The standard InChI is InChI=1S/C24H16FN3O4S/c1-32-17-7-6-14(25)12-15(17)21(29)19-20(13-8-10-26-11-9-13)28(23(31)22(19)30)24-27-16-4-2-3-5-18(16)33-24/h2-12,20,29H,1H3/b21-19+. The van der Waals surface area contributed by atoms with E-state index in [2.05, 4.69) is 9.97 Å². The maximum atomic E-state index is 14.0. The van der Waals surface area contributed by atoms with E-state index in [-0.39, 0.29) is 16.9 Å². The van der Waals surface area contributed by atoms with Gasteiger partial charge in [0.2, 0.25) is 0 Å². The lowest BCUT2D eigenvalue weighted by molar-refractivity contribution is -0.132. The number of carbonyl (C=O) groups is 2. The maximum absolute atomic E-state index is 14.0. The number of thiazole rings is 1. The summed E-state index contributed by atoms with van der Waals surface area (Å²) in [6.07, 6.45) is 3.05. The maximum Gasteiger partial charge on any atom is 0.301 e. The van der Waals surface area contributed by atoms with Crippen molar-refractivity contribution >= 4 is 44.1 Å². The number of nitrogens with zero attached hydrogens (tertiary/aromatic N) is 3. The first kappa shape index (κ1) is 20.8. The average Bonchev–Trinajstić information content (AvgIpc) is 3.37. The minimum atomic E-state index is -0.985. The first-order valence-corrected chi connectivity index (χ1v) is 10.7. The first-order valence-electron chi connectivity index (χ1n) is 9.90. The molecule has 2 aromatic heterocycles. The molecular formula is C24H16FN3O4S. The normalized spacial score (nSPS) is 17.6. The lowest BCUT2D eigenvalue weighted by Crippen LogP contribution is -2.29. The molecular weight excluding hydrogens is 445 g/mol. The fraction of sp³-hybridized carbons (Fsp3) is 0.0833. The number of halogens is 1. The highest BCUT2D eigenvalue weighted by Crippen LogP contribution is 2.45. The van der Waals surface area contributed by atoms with Crippen molar-refractivity contribution in [2.75, 3.05) is 12.0 Å². The zero-order valence-corrected chi connectivity index (χ0v) is 18.0. The molecule has 0 saturated carbocycles. The summed E-state index contributed by atoms with van der Waals surface area (Å²) in [5, 5.41) is 11.5. The first-order chi connectivity index (χ1) is 16.0. The van der Waals surface area contributed by atoms with Gasteiger partial charge in [0.15, 0.2) is 5.13 Å². The minimum absolute atomic E-state index is 0.0288. The molecule has 9 heteroatoms. The molecule has 0 radical (unpaired) electrons. The number of carbonyl (C=O) groups excluding carboxylic acids is 2. The van der Waals surface area contributed by atoms with Gasteiger partial charge in [0.25, 0.3) is 5.78 Å². The Morgan fingerprint density at radius 2 is 1.88 bits per heavy atom. The Kier molecular flexibility index (Phi) is 5.10. The molecule has 1 atom stereocenters. The summed E-state index contributed by atoms with van der Waals surface area (Å²) in [5.41, 5.74) is 1.01. The Labute approximate surface area is 191 Å². The third kappa shape index (κ3) is 3.42. The summed E-state index contributed by atoms with van der Waals surface area (Å²) in [6.45, 7) is 0. The van der Waals surface area contributed by atoms with E-state index in [1.165, 1.54) is 47.9 Å². The number of methoxy groups -OCH3 is 1. The van der Waals surface area contributed by atoms with Crippen LogP contribution in [0.4, 0.5) is 9.52 Å². The molecule has 4 aromatic rings. The van der Waals surface area contributed by atoms with Crippen LogP contribution in [0.25, 0.3) is 16.0 Å². The second-order valence-electron chi connectivity index (χ2n) is 7.26. The van der Waals surface area contributed by atoms with Gasteiger partial charge in [-0.25, -0.2) is 9.37 Å². The number of pyridine rings is 1. The second kappa shape index (κ2) is 8.10. The highest BCUT2D eigenvalue weighted by atomic mass is 32.1. The van der Waals surface area contributed by atoms with E-state index < -0.39 is 29.3 Å². The summed E-state index contributed by atoms with van der Waals surface area (Å²) < 4.78 is 20.1. The average molecular weight is 461 g/mol. The van der Waals surface area contributed by atoms with Crippen molar-refractivity contribution in [2.45, 2.75) is 6.04 Å². The Morgan fingerprint density at radius 1 is 1.12 bits per heavy atom. The molecule has 0 spiro atoms. The number of hydrogen-bond donors (Lipinski definition) is 1. The number of fused-ring (bicyclic) bond motifs is 1. The van der Waals surface area contributed by atoms with Crippen LogP contribution in [-0.2, 0) is 9.59 Å². The van der Waals surface area contributed by atoms with Gasteiger partial charge in [-0.05, 0) is 48.0 Å². The van der Waals surface area contributed by atoms with Crippen LogP contribution in [0.5, 0.6) is 5.75 Å². The number of aliphatic hydroxyl groups is 1. The molecule has 1 aliphatic rings. The molecule has 3 heterocycles. The Balaban J connectivity index is 1.76. The van der Waals surface area contributed by atoms with Gasteiger partial charge in [0, 0.05) is 12.4 Å². The van der Waals surface area contributed by atoms with Crippen molar-refractivity contribution in [3.63, 3.8) is 0 Å². The number of aliphatic hydroxyl groups excluding tert-OH is 1. The third-order valence-electron chi connectivity index (χ3n) is 5.37. The van der Waals surface area contributed by atoms with Crippen LogP contribution >= 0.6 is 11.3 Å². The van der Waals surface area contributed by atoms with E-state index >= 15 is 0 Å². The van der Waals surface area contributed by atoms with Crippen LogP contribution < -0.4 is 9.64 Å². The molecule has 5 rings (SSSR count). The summed E-state index contributed by atoms with van der Waals surface area (Å²) >= 11 is 1.26. The Bertz CT molecular complexity index is 1400. The fourth-order valence-electron chi connectivity index (χ4n) is 3.86. The number of para-hydroxylation sites is 1. The number of amides is 1. The van der Waals surface area contributed by atoms with Crippen LogP contribution in [0.1, 0.15) is 17.2 Å². The van der Waals surface area contributed by atoms with Crippen molar-refractivity contribution in [3.8, 4) is 5.75 Å². The van der Waals surface area contributed by atoms with Crippen molar-refractivity contribution in [1.82, 2.24) is 9.97 Å². The van der Waals surface area contributed by atoms with E-state index in [4.69, 9.17) is 4.74 Å². The fourth-order valence-corrected chi connectivity index (χ4v) is 4.86. The molecule has 0 bridgehead atoms. The molecule has 7 nitrogen and oxygen atoms in total. The number of anilines is 1. The zero-order valence-electron chi connectivity index (χ0n) is 17.2. The highest BCUT2D eigenvalue weighted by Gasteiger charge is 2.48. The molecule has 164 valence electrons. The van der Waals surface area contributed by atoms with E-state index in [0.29, 0.717) is 16.2 Å². The number of ether oxygens (including phenoxy) is 1. The predicted molar refractivity (Wildman–Crippen MR) is 122 cm³/mol. The number of Topliss-reactive ketones (excluding diaryl/α,β-unsaturated/α-hetero) is 1. The molecule has 1 fully saturated rings. The molecule has 1 saturated heterocycles. The Morgan fingerprint density at radius 3 is 2.61 bits per heavy atom. The lowest BCUT2D eigenvalue weighted by Gasteiger charge is -2.23. The van der Waals surface area contributed by atoms with E-state index in [1.807, 2.05) is 24.3 Å². The zero-order chi connectivity index (χ0) is 23.1. The largest absolute Gasteiger partial charge is 0.507 e. The SMILES string of the molecule is COc1ccc(F)cc1/C(O)=C1\C(=O)C(=O)N(c2nc3ccccc3s2)C1c1ccncc1. The molecule has 33 heavy (non-hydrogen) atoms. The molecule has 0 aliphatic carbocycles.